The smallest absolute Gasteiger partial charge is 0.225 e. The molecular weight excluding hydrogens is 204 g/mol. The number of imidazole rings is 1. The fourth-order valence-electron chi connectivity index (χ4n) is 1.23. The molecule has 0 saturated carbocycles. The molecule has 74 valence electrons. The van der Waals surface area contributed by atoms with E-state index in [2.05, 4.69) is 9.97 Å². The van der Waals surface area contributed by atoms with Crippen molar-refractivity contribution in [2.75, 3.05) is 7.11 Å². The highest BCUT2D eigenvalue weighted by molar-refractivity contribution is 7.79. The second kappa shape index (κ2) is 3.39. The van der Waals surface area contributed by atoms with Gasteiger partial charge in [0, 0.05) is 0 Å². The van der Waals surface area contributed by atoms with Crippen molar-refractivity contribution in [3.05, 3.63) is 18.2 Å². The maximum Gasteiger partial charge on any atom is 0.225 e. The number of nitrogens with zero attached hydrogens (tertiary/aromatic N) is 1. The number of aromatic amines is 1. The molecule has 0 aliphatic rings. The minimum Gasteiger partial charge on any atom is -0.494 e. The van der Waals surface area contributed by atoms with Crippen molar-refractivity contribution in [1.82, 2.24) is 9.97 Å². The number of rotatable bonds is 2. The van der Waals surface area contributed by atoms with Crippen molar-refractivity contribution in [3.8, 4) is 5.75 Å². The number of methoxy groups -OCH3 is 1. The van der Waals surface area contributed by atoms with Crippen LogP contribution in [0, 0.1) is 0 Å². The molecule has 0 radical (unpaired) electrons. The lowest BCUT2D eigenvalue weighted by Crippen LogP contribution is -1.89. The summed E-state index contributed by atoms with van der Waals surface area (Å²) >= 11 is -2.09. The van der Waals surface area contributed by atoms with Crippen LogP contribution >= 0.6 is 0 Å². The van der Waals surface area contributed by atoms with Gasteiger partial charge in [0.25, 0.3) is 0 Å². The number of nitrogens with one attached hydrogen (secondary N) is 1. The maximum atomic E-state index is 10.7. The number of hydrogen-bond acceptors (Lipinski definition) is 3. The van der Waals surface area contributed by atoms with Crippen LogP contribution in [-0.4, -0.2) is 25.8 Å². The van der Waals surface area contributed by atoms with E-state index < -0.39 is 11.1 Å². The quantitative estimate of drug-likeness (QED) is 0.732. The van der Waals surface area contributed by atoms with Crippen LogP contribution in [-0.2, 0) is 11.1 Å². The van der Waals surface area contributed by atoms with Crippen molar-refractivity contribution in [2.24, 2.45) is 0 Å². The van der Waals surface area contributed by atoms with Crippen LogP contribution in [0.3, 0.4) is 0 Å². The molecule has 5 nitrogen and oxygen atoms in total. The van der Waals surface area contributed by atoms with Gasteiger partial charge >= 0.3 is 0 Å². The fourth-order valence-corrected chi connectivity index (χ4v) is 1.60. The Morgan fingerprint density at radius 1 is 1.57 bits per heavy atom. The first-order chi connectivity index (χ1) is 6.72. The monoisotopic (exact) mass is 212 g/mol. The standard InChI is InChI=1S/C8H8N2O3S/c1-13-6-4-2-3-5-7(6)10-8(9-5)14(11)12/h2-4H,1H3,(H,9,10)(H,11,12). The molecule has 0 aliphatic carbocycles. The van der Waals surface area contributed by atoms with E-state index >= 15 is 0 Å². The van der Waals surface area contributed by atoms with Crippen molar-refractivity contribution in [3.63, 3.8) is 0 Å². The molecule has 0 bridgehead atoms. The summed E-state index contributed by atoms with van der Waals surface area (Å²) in [6.07, 6.45) is 0. The lowest BCUT2D eigenvalue weighted by molar-refractivity contribution is 0.419. The summed E-state index contributed by atoms with van der Waals surface area (Å²) in [6, 6.07) is 5.29. The first kappa shape index (κ1) is 9.17. The molecule has 6 heteroatoms. The highest BCUT2D eigenvalue weighted by Gasteiger charge is 2.10. The molecule has 0 saturated heterocycles. The Balaban J connectivity index is 2.70. The zero-order valence-electron chi connectivity index (χ0n) is 7.35. The van der Waals surface area contributed by atoms with E-state index in [1.807, 2.05) is 0 Å². The maximum absolute atomic E-state index is 10.7. The summed E-state index contributed by atoms with van der Waals surface area (Å²) in [4.78, 5) is 6.68. The van der Waals surface area contributed by atoms with E-state index in [4.69, 9.17) is 9.29 Å². The molecule has 0 spiro atoms. The highest BCUT2D eigenvalue weighted by Crippen LogP contribution is 2.23. The molecule has 2 aromatic rings. The van der Waals surface area contributed by atoms with E-state index in [1.165, 1.54) is 7.11 Å². The Labute approximate surface area is 82.4 Å². The van der Waals surface area contributed by atoms with E-state index in [1.54, 1.807) is 18.2 Å². The molecule has 0 aliphatic heterocycles. The fraction of sp³-hybridized carbons (Fsp3) is 0.125. The lowest BCUT2D eigenvalue weighted by atomic mass is 10.3. The second-order valence-electron chi connectivity index (χ2n) is 2.65. The first-order valence-corrected chi connectivity index (χ1v) is 4.96. The normalized spacial score (nSPS) is 13.0. The van der Waals surface area contributed by atoms with Gasteiger partial charge in [-0.05, 0) is 12.1 Å². The van der Waals surface area contributed by atoms with Gasteiger partial charge in [-0.1, -0.05) is 6.07 Å². The average molecular weight is 212 g/mol. The predicted molar refractivity (Wildman–Crippen MR) is 51.7 cm³/mol. The lowest BCUT2D eigenvalue weighted by Gasteiger charge is -1.97. The Morgan fingerprint density at radius 2 is 2.36 bits per heavy atom. The number of aromatic nitrogens is 2. The number of H-pyrrole nitrogens is 1. The summed E-state index contributed by atoms with van der Waals surface area (Å²) in [6.45, 7) is 0. The average Bonchev–Trinajstić information content (AvgIpc) is 2.60. The van der Waals surface area contributed by atoms with Crippen LogP contribution in [0.4, 0.5) is 0 Å². The molecule has 2 rings (SSSR count). The zero-order chi connectivity index (χ0) is 10.1. The highest BCUT2D eigenvalue weighted by atomic mass is 32.2. The van der Waals surface area contributed by atoms with Gasteiger partial charge in [0.1, 0.15) is 11.3 Å². The van der Waals surface area contributed by atoms with E-state index in [0.29, 0.717) is 16.8 Å². The molecule has 1 heterocycles. The summed E-state index contributed by atoms with van der Waals surface area (Å²) < 4.78 is 24.6. The van der Waals surface area contributed by atoms with Crippen molar-refractivity contribution >= 4 is 22.1 Å². The Morgan fingerprint density at radius 3 is 3.00 bits per heavy atom. The summed E-state index contributed by atoms with van der Waals surface area (Å²) in [7, 11) is 1.53. The first-order valence-electron chi connectivity index (χ1n) is 3.86. The minimum absolute atomic E-state index is 0.0319. The molecule has 14 heavy (non-hydrogen) atoms. The van der Waals surface area contributed by atoms with Gasteiger partial charge in [0.15, 0.2) is 0 Å². The Hall–Kier alpha value is -1.40. The van der Waals surface area contributed by atoms with Crippen molar-refractivity contribution < 1.29 is 13.5 Å². The summed E-state index contributed by atoms with van der Waals surface area (Å²) in [5.74, 6) is 0.579. The molecule has 1 unspecified atom stereocenters. The number of fused-ring (bicyclic) bond motifs is 1. The molecular formula is C8H8N2O3S. The van der Waals surface area contributed by atoms with Crippen LogP contribution in [0.5, 0.6) is 5.75 Å². The van der Waals surface area contributed by atoms with E-state index in [-0.39, 0.29) is 5.16 Å². The molecule has 1 atom stereocenters. The molecule has 1 aromatic carbocycles. The third kappa shape index (κ3) is 1.38. The zero-order valence-corrected chi connectivity index (χ0v) is 8.17. The van der Waals surface area contributed by atoms with Crippen LogP contribution in [0.2, 0.25) is 0 Å². The molecule has 0 amide bonds. The molecule has 0 fully saturated rings. The predicted octanol–water partition coefficient (Wildman–Crippen LogP) is 1.15. The van der Waals surface area contributed by atoms with Gasteiger partial charge in [-0.15, -0.1) is 0 Å². The summed E-state index contributed by atoms with van der Waals surface area (Å²) in [5, 5.41) is 0.0319. The minimum atomic E-state index is -2.09. The largest absolute Gasteiger partial charge is 0.494 e. The van der Waals surface area contributed by atoms with E-state index in [9.17, 15) is 4.21 Å². The van der Waals surface area contributed by atoms with Gasteiger partial charge < -0.3 is 9.72 Å². The van der Waals surface area contributed by atoms with E-state index in [0.717, 1.165) is 0 Å². The van der Waals surface area contributed by atoms with Gasteiger partial charge in [0.05, 0.1) is 12.6 Å². The van der Waals surface area contributed by atoms with Crippen molar-refractivity contribution in [2.45, 2.75) is 5.16 Å². The topological polar surface area (TPSA) is 75.2 Å². The Kier molecular flexibility index (Phi) is 2.22. The number of hydrogen-bond donors (Lipinski definition) is 2. The van der Waals surface area contributed by atoms with Crippen LogP contribution < -0.4 is 4.74 Å². The van der Waals surface area contributed by atoms with Gasteiger partial charge in [-0.3, -0.25) is 4.55 Å². The number of benzene rings is 1. The SMILES string of the molecule is COc1cccc2[nH]c(S(=O)O)nc12. The van der Waals surface area contributed by atoms with Gasteiger partial charge in [-0.2, -0.15) is 0 Å². The second-order valence-corrected chi connectivity index (χ2v) is 3.53. The van der Waals surface area contributed by atoms with Gasteiger partial charge in [0.2, 0.25) is 16.2 Å². The molecule has 2 N–H and O–H groups in total. The number of para-hydroxylation sites is 1. The van der Waals surface area contributed by atoms with Crippen LogP contribution in [0.1, 0.15) is 0 Å². The Bertz CT molecular complexity index is 494. The number of ether oxygens (including phenoxy) is 1. The van der Waals surface area contributed by atoms with Crippen molar-refractivity contribution in [1.29, 1.82) is 0 Å². The van der Waals surface area contributed by atoms with Gasteiger partial charge in [-0.25, -0.2) is 9.19 Å². The third-order valence-corrected chi connectivity index (χ3v) is 2.36. The van der Waals surface area contributed by atoms with Crippen LogP contribution in [0.15, 0.2) is 23.4 Å². The summed E-state index contributed by atoms with van der Waals surface area (Å²) in [5.41, 5.74) is 1.24. The molecule has 1 aromatic heterocycles. The van der Waals surface area contributed by atoms with Crippen LogP contribution in [0.25, 0.3) is 11.0 Å². The third-order valence-electron chi connectivity index (χ3n) is 1.84.